The number of aromatic amines is 1. The van der Waals surface area contributed by atoms with Crippen molar-refractivity contribution in [2.45, 2.75) is 0 Å². The molecule has 0 aliphatic rings. The number of nitrogens with one attached hydrogen (secondary N) is 2. The van der Waals surface area contributed by atoms with Gasteiger partial charge >= 0.3 is 0 Å². The van der Waals surface area contributed by atoms with E-state index in [-0.39, 0.29) is 11.5 Å². The largest absolute Gasteiger partial charge is 0.324 e. The molecule has 2 N–H and O–H groups in total. The summed E-state index contributed by atoms with van der Waals surface area (Å²) in [7, 11) is 0. The number of pyridine rings is 1. The van der Waals surface area contributed by atoms with Gasteiger partial charge in [0.1, 0.15) is 0 Å². The molecule has 0 atom stereocenters. The number of aromatic nitrogens is 3. The Morgan fingerprint density at radius 3 is 2.57 bits per heavy atom. The minimum absolute atomic E-state index is 0.250. The number of anilines is 2. The minimum atomic E-state index is -0.288. The first kappa shape index (κ1) is 18.6. The highest BCUT2D eigenvalue weighted by Gasteiger charge is 2.13. The van der Waals surface area contributed by atoms with Crippen LogP contribution >= 0.6 is 23.2 Å². The first-order chi connectivity index (χ1) is 14.6. The Hall–Kier alpha value is -3.41. The van der Waals surface area contributed by atoms with Gasteiger partial charge in [0, 0.05) is 11.2 Å². The van der Waals surface area contributed by atoms with E-state index in [9.17, 15) is 4.79 Å². The van der Waals surface area contributed by atoms with Crippen LogP contribution in [0.5, 0.6) is 0 Å². The summed E-state index contributed by atoms with van der Waals surface area (Å²) >= 11 is 12.1. The SMILES string of the molecule is O=c1[nH]c(Nc2ccc(Cl)cc2Cl)nc2nccc(-c3ccc4ccccc4c3)c12. The number of rotatable bonds is 3. The fourth-order valence-electron chi connectivity index (χ4n) is 3.44. The van der Waals surface area contributed by atoms with Gasteiger partial charge in [0.05, 0.1) is 16.1 Å². The third kappa shape index (κ3) is 3.38. The monoisotopic (exact) mass is 432 g/mol. The molecule has 2 heterocycles. The summed E-state index contributed by atoms with van der Waals surface area (Å²) in [6, 6.07) is 21.0. The summed E-state index contributed by atoms with van der Waals surface area (Å²) in [4.78, 5) is 24.5. The van der Waals surface area contributed by atoms with Gasteiger partial charge in [-0.05, 0) is 52.2 Å². The van der Waals surface area contributed by atoms with Crippen LogP contribution in [0, 0.1) is 0 Å². The van der Waals surface area contributed by atoms with Crippen molar-refractivity contribution in [1.82, 2.24) is 15.0 Å². The van der Waals surface area contributed by atoms with E-state index in [0.29, 0.717) is 26.8 Å². The zero-order valence-electron chi connectivity index (χ0n) is 15.5. The molecule has 0 saturated heterocycles. The lowest BCUT2D eigenvalue weighted by Gasteiger charge is -2.10. The molecule has 3 aromatic carbocycles. The Balaban J connectivity index is 1.62. The highest BCUT2D eigenvalue weighted by molar-refractivity contribution is 6.36. The van der Waals surface area contributed by atoms with Crippen molar-refractivity contribution < 1.29 is 0 Å². The number of nitrogens with zero attached hydrogens (tertiary/aromatic N) is 2. The molecule has 0 fully saturated rings. The lowest BCUT2D eigenvalue weighted by atomic mass is 10.00. The van der Waals surface area contributed by atoms with Crippen LogP contribution in [0.4, 0.5) is 11.6 Å². The molecular formula is C23H14Cl2N4O. The normalized spacial score (nSPS) is 11.1. The molecule has 2 aromatic heterocycles. The van der Waals surface area contributed by atoms with E-state index in [1.165, 1.54) is 0 Å². The standard InChI is InChI=1S/C23H14Cl2N4O/c24-16-7-8-19(18(25)12-16)27-23-28-21-20(22(30)29-23)17(9-10-26-21)15-6-5-13-3-1-2-4-14(13)11-15/h1-12H,(H2,26,27,28,29,30). The van der Waals surface area contributed by atoms with Gasteiger partial charge in [-0.15, -0.1) is 0 Å². The molecular weight excluding hydrogens is 419 g/mol. The van der Waals surface area contributed by atoms with Crippen LogP contribution in [0.2, 0.25) is 10.0 Å². The second kappa shape index (κ2) is 7.44. The van der Waals surface area contributed by atoms with E-state index in [2.05, 4.69) is 32.4 Å². The first-order valence-electron chi connectivity index (χ1n) is 9.19. The van der Waals surface area contributed by atoms with Crippen LogP contribution in [-0.4, -0.2) is 15.0 Å². The third-order valence-corrected chi connectivity index (χ3v) is 5.40. The Labute approximate surface area is 181 Å². The van der Waals surface area contributed by atoms with Gasteiger partial charge in [-0.3, -0.25) is 9.78 Å². The van der Waals surface area contributed by atoms with Crippen LogP contribution in [0.3, 0.4) is 0 Å². The summed E-state index contributed by atoms with van der Waals surface area (Å²) in [5.41, 5.74) is 2.33. The fraction of sp³-hybridized carbons (Fsp3) is 0. The highest BCUT2D eigenvalue weighted by Crippen LogP contribution is 2.29. The molecule has 7 heteroatoms. The van der Waals surface area contributed by atoms with E-state index in [4.69, 9.17) is 23.2 Å². The van der Waals surface area contributed by atoms with Gasteiger partial charge in [-0.2, -0.15) is 4.98 Å². The van der Waals surface area contributed by atoms with Gasteiger partial charge in [0.15, 0.2) is 5.65 Å². The average Bonchev–Trinajstić information content (AvgIpc) is 2.75. The molecule has 146 valence electrons. The van der Waals surface area contributed by atoms with Crippen molar-refractivity contribution in [2.75, 3.05) is 5.32 Å². The fourth-order valence-corrected chi connectivity index (χ4v) is 3.89. The van der Waals surface area contributed by atoms with Crippen LogP contribution < -0.4 is 10.9 Å². The maximum absolute atomic E-state index is 13.0. The Morgan fingerprint density at radius 1 is 0.900 bits per heavy atom. The van der Waals surface area contributed by atoms with E-state index in [1.54, 1.807) is 24.4 Å². The Bertz CT molecular complexity index is 1480. The van der Waals surface area contributed by atoms with Gasteiger partial charge in [-0.25, -0.2) is 4.98 Å². The van der Waals surface area contributed by atoms with Gasteiger partial charge < -0.3 is 5.32 Å². The summed E-state index contributed by atoms with van der Waals surface area (Å²) in [5.74, 6) is 0.250. The van der Waals surface area contributed by atoms with E-state index in [1.807, 2.05) is 36.4 Å². The van der Waals surface area contributed by atoms with Gasteiger partial charge in [0.2, 0.25) is 5.95 Å². The smallest absolute Gasteiger partial charge is 0.262 e. The third-order valence-electron chi connectivity index (χ3n) is 4.85. The molecule has 5 aromatic rings. The number of benzene rings is 3. The maximum atomic E-state index is 13.0. The van der Waals surface area contributed by atoms with Crippen LogP contribution in [-0.2, 0) is 0 Å². The number of hydrogen-bond donors (Lipinski definition) is 2. The van der Waals surface area contributed by atoms with Crippen molar-refractivity contribution in [3.05, 3.63) is 93.3 Å². The van der Waals surface area contributed by atoms with Crippen molar-refractivity contribution in [1.29, 1.82) is 0 Å². The van der Waals surface area contributed by atoms with E-state index in [0.717, 1.165) is 21.9 Å². The predicted molar refractivity (Wildman–Crippen MR) is 123 cm³/mol. The zero-order valence-corrected chi connectivity index (χ0v) is 17.0. The predicted octanol–water partition coefficient (Wildman–Crippen LogP) is 6.19. The number of halogens is 2. The van der Waals surface area contributed by atoms with Crippen LogP contribution in [0.15, 0.2) is 77.7 Å². The lowest BCUT2D eigenvalue weighted by molar-refractivity contribution is 1.14. The summed E-state index contributed by atoms with van der Waals surface area (Å²) in [6.07, 6.45) is 1.65. The van der Waals surface area contributed by atoms with E-state index >= 15 is 0 Å². The Kier molecular flexibility index (Phi) is 4.62. The molecule has 5 nitrogen and oxygen atoms in total. The van der Waals surface area contributed by atoms with Crippen molar-refractivity contribution in [3.63, 3.8) is 0 Å². The molecule has 5 rings (SSSR count). The van der Waals surface area contributed by atoms with Crippen molar-refractivity contribution in [3.8, 4) is 11.1 Å². The molecule has 0 amide bonds. The molecule has 0 aliphatic carbocycles. The quantitative estimate of drug-likeness (QED) is 0.356. The van der Waals surface area contributed by atoms with Gasteiger partial charge in [-0.1, -0.05) is 59.6 Å². The number of hydrogen-bond acceptors (Lipinski definition) is 4. The summed E-state index contributed by atoms with van der Waals surface area (Å²) < 4.78 is 0. The summed E-state index contributed by atoms with van der Waals surface area (Å²) in [5, 5.41) is 6.62. The number of fused-ring (bicyclic) bond motifs is 2. The van der Waals surface area contributed by atoms with Crippen LogP contribution in [0.1, 0.15) is 0 Å². The zero-order chi connectivity index (χ0) is 20.7. The van der Waals surface area contributed by atoms with Crippen molar-refractivity contribution >= 4 is 56.6 Å². The Morgan fingerprint density at radius 2 is 1.73 bits per heavy atom. The summed E-state index contributed by atoms with van der Waals surface area (Å²) in [6.45, 7) is 0. The average molecular weight is 433 g/mol. The molecule has 0 radical (unpaired) electrons. The second-order valence-electron chi connectivity index (χ2n) is 6.78. The first-order valence-corrected chi connectivity index (χ1v) is 9.94. The second-order valence-corrected chi connectivity index (χ2v) is 7.63. The minimum Gasteiger partial charge on any atom is -0.324 e. The molecule has 0 aliphatic heterocycles. The lowest BCUT2D eigenvalue weighted by Crippen LogP contribution is -2.13. The topological polar surface area (TPSA) is 70.7 Å². The van der Waals surface area contributed by atoms with Crippen molar-refractivity contribution in [2.24, 2.45) is 0 Å². The van der Waals surface area contributed by atoms with E-state index < -0.39 is 0 Å². The molecule has 0 spiro atoms. The molecule has 0 saturated carbocycles. The number of H-pyrrole nitrogens is 1. The van der Waals surface area contributed by atoms with Gasteiger partial charge in [0.25, 0.3) is 5.56 Å². The molecule has 30 heavy (non-hydrogen) atoms. The molecule has 0 unspecified atom stereocenters. The molecule has 0 bridgehead atoms. The highest BCUT2D eigenvalue weighted by atomic mass is 35.5. The maximum Gasteiger partial charge on any atom is 0.262 e. The van der Waals surface area contributed by atoms with Crippen LogP contribution in [0.25, 0.3) is 32.9 Å².